The maximum atomic E-state index is 12.0. The summed E-state index contributed by atoms with van der Waals surface area (Å²) in [4.78, 5) is 12.0. The average molecular weight is 216 g/mol. The van der Waals surface area contributed by atoms with Crippen molar-refractivity contribution in [3.05, 3.63) is 29.8 Å². The predicted octanol–water partition coefficient (Wildman–Crippen LogP) is 2.74. The lowest BCUT2D eigenvalue weighted by atomic mass is 10.0. The van der Waals surface area contributed by atoms with E-state index in [-0.39, 0.29) is 11.8 Å². The summed E-state index contributed by atoms with van der Waals surface area (Å²) in [5.41, 5.74) is 3.00. The molecule has 1 aliphatic rings. The fourth-order valence-corrected chi connectivity index (χ4v) is 1.84. The molecule has 3 nitrogen and oxygen atoms in total. The van der Waals surface area contributed by atoms with E-state index >= 15 is 0 Å². The third-order valence-corrected chi connectivity index (χ3v) is 2.95. The number of hydrogen-bond acceptors (Lipinski definition) is 2. The molecule has 0 N–H and O–H groups in total. The minimum atomic E-state index is -0.0775. The topological polar surface area (TPSA) is 32.7 Å². The van der Waals surface area contributed by atoms with Gasteiger partial charge in [0.15, 0.2) is 0 Å². The van der Waals surface area contributed by atoms with Crippen LogP contribution in [0.4, 0.5) is 5.69 Å². The van der Waals surface area contributed by atoms with E-state index in [0.717, 1.165) is 17.8 Å². The molecule has 0 aromatic heterocycles. The molecular formula is C13H16N2O. The summed E-state index contributed by atoms with van der Waals surface area (Å²) in [6, 6.07) is 7.85. The highest BCUT2D eigenvalue weighted by Gasteiger charge is 2.31. The van der Waals surface area contributed by atoms with Crippen LogP contribution in [0.25, 0.3) is 0 Å². The van der Waals surface area contributed by atoms with E-state index in [0.29, 0.717) is 0 Å². The zero-order valence-corrected chi connectivity index (χ0v) is 9.90. The Bertz CT molecular complexity index is 434. The minimum absolute atomic E-state index is 0.0701. The van der Waals surface area contributed by atoms with E-state index in [1.165, 1.54) is 10.6 Å². The summed E-state index contributed by atoms with van der Waals surface area (Å²) < 4.78 is 0. The van der Waals surface area contributed by atoms with Crippen molar-refractivity contribution >= 4 is 17.3 Å². The monoisotopic (exact) mass is 216 g/mol. The second kappa shape index (κ2) is 4.08. The van der Waals surface area contributed by atoms with E-state index in [1.54, 1.807) is 0 Å². The lowest BCUT2D eigenvalue weighted by Gasteiger charge is -2.12. The van der Waals surface area contributed by atoms with Crippen LogP contribution in [0, 0.1) is 12.8 Å². The summed E-state index contributed by atoms with van der Waals surface area (Å²) in [5.74, 6) is -0.00740. The quantitative estimate of drug-likeness (QED) is 0.748. The Balaban J connectivity index is 2.32. The van der Waals surface area contributed by atoms with Crippen molar-refractivity contribution in [1.29, 1.82) is 0 Å². The third-order valence-electron chi connectivity index (χ3n) is 2.95. The van der Waals surface area contributed by atoms with Crippen LogP contribution >= 0.6 is 0 Å². The molecule has 2 rings (SSSR count). The van der Waals surface area contributed by atoms with Gasteiger partial charge in [-0.15, -0.1) is 0 Å². The molecule has 0 aliphatic carbocycles. The Kier molecular flexibility index (Phi) is 2.77. The Morgan fingerprint density at radius 1 is 1.31 bits per heavy atom. The second-order valence-corrected chi connectivity index (χ2v) is 4.15. The van der Waals surface area contributed by atoms with Gasteiger partial charge in [0.1, 0.15) is 0 Å². The lowest BCUT2D eigenvalue weighted by molar-refractivity contribution is -0.119. The highest BCUT2D eigenvalue weighted by molar-refractivity contribution is 6.15. The first-order chi connectivity index (χ1) is 7.63. The van der Waals surface area contributed by atoms with Crippen LogP contribution in [-0.4, -0.2) is 11.6 Å². The number of carbonyl (C=O) groups excluding carboxylic acids is 1. The third kappa shape index (κ3) is 1.73. The molecule has 1 atom stereocenters. The van der Waals surface area contributed by atoms with Crippen LogP contribution in [-0.2, 0) is 4.79 Å². The highest BCUT2D eigenvalue weighted by atomic mass is 16.2. The molecule has 1 aromatic carbocycles. The number of carbonyl (C=O) groups is 1. The molecule has 1 heterocycles. The number of anilines is 1. The summed E-state index contributed by atoms with van der Waals surface area (Å²) in [6.45, 7) is 5.97. The van der Waals surface area contributed by atoms with E-state index in [9.17, 15) is 4.79 Å². The Labute approximate surface area is 95.8 Å². The standard InChI is InChI=1S/C13H16N2O/c1-4-12-10(3)13(16)15(14-12)11-7-5-9(2)6-8-11/h5-8,10H,4H2,1-3H3. The fraction of sp³-hybridized carbons (Fsp3) is 0.385. The molecule has 0 radical (unpaired) electrons. The molecular weight excluding hydrogens is 200 g/mol. The number of hydrazone groups is 1. The molecule has 0 bridgehead atoms. The predicted molar refractivity (Wildman–Crippen MR) is 65.6 cm³/mol. The number of rotatable bonds is 2. The van der Waals surface area contributed by atoms with Crippen LogP contribution in [0.15, 0.2) is 29.4 Å². The maximum Gasteiger partial charge on any atom is 0.255 e. The van der Waals surface area contributed by atoms with Gasteiger partial charge in [0.05, 0.1) is 17.3 Å². The Hall–Kier alpha value is -1.64. The molecule has 1 unspecified atom stereocenters. The molecule has 3 heteroatoms. The largest absolute Gasteiger partial charge is 0.272 e. The van der Waals surface area contributed by atoms with Crippen molar-refractivity contribution in [2.75, 3.05) is 5.01 Å². The number of benzene rings is 1. The van der Waals surface area contributed by atoms with Crippen molar-refractivity contribution in [3.8, 4) is 0 Å². The molecule has 0 fully saturated rings. The summed E-state index contributed by atoms with van der Waals surface area (Å²) >= 11 is 0. The number of nitrogens with zero attached hydrogens (tertiary/aromatic N) is 2. The first-order valence-electron chi connectivity index (χ1n) is 5.61. The summed E-state index contributed by atoms with van der Waals surface area (Å²) in [6.07, 6.45) is 0.829. The van der Waals surface area contributed by atoms with Crippen LogP contribution in [0.3, 0.4) is 0 Å². The van der Waals surface area contributed by atoms with Crippen LogP contribution in [0.1, 0.15) is 25.8 Å². The minimum Gasteiger partial charge on any atom is -0.272 e. The summed E-state index contributed by atoms with van der Waals surface area (Å²) in [7, 11) is 0. The van der Waals surface area contributed by atoms with Gasteiger partial charge in [-0.25, -0.2) is 5.01 Å². The smallest absolute Gasteiger partial charge is 0.255 e. The van der Waals surface area contributed by atoms with Crippen molar-refractivity contribution in [2.45, 2.75) is 27.2 Å². The zero-order chi connectivity index (χ0) is 11.7. The van der Waals surface area contributed by atoms with Crippen LogP contribution in [0.2, 0.25) is 0 Å². The normalized spacial score (nSPS) is 20.2. The van der Waals surface area contributed by atoms with Gasteiger partial charge in [0.25, 0.3) is 5.91 Å². The molecule has 1 aromatic rings. The molecule has 0 saturated carbocycles. The second-order valence-electron chi connectivity index (χ2n) is 4.15. The molecule has 0 saturated heterocycles. The average Bonchev–Trinajstić information content (AvgIpc) is 2.57. The highest BCUT2D eigenvalue weighted by Crippen LogP contribution is 2.24. The van der Waals surface area contributed by atoms with E-state index in [4.69, 9.17) is 0 Å². The molecule has 1 amide bonds. The fourth-order valence-electron chi connectivity index (χ4n) is 1.84. The first-order valence-corrected chi connectivity index (χ1v) is 5.61. The van der Waals surface area contributed by atoms with Gasteiger partial charge in [-0.3, -0.25) is 4.79 Å². The number of amides is 1. The van der Waals surface area contributed by atoms with E-state index < -0.39 is 0 Å². The van der Waals surface area contributed by atoms with Gasteiger partial charge < -0.3 is 0 Å². The number of hydrogen-bond donors (Lipinski definition) is 0. The lowest BCUT2D eigenvalue weighted by Crippen LogP contribution is -2.25. The van der Waals surface area contributed by atoms with Crippen LogP contribution in [0.5, 0.6) is 0 Å². The summed E-state index contributed by atoms with van der Waals surface area (Å²) in [5, 5.41) is 5.89. The van der Waals surface area contributed by atoms with Gasteiger partial charge in [-0.05, 0) is 32.4 Å². The van der Waals surface area contributed by atoms with Crippen molar-refractivity contribution in [2.24, 2.45) is 11.0 Å². The van der Waals surface area contributed by atoms with E-state index in [1.807, 2.05) is 45.0 Å². The Morgan fingerprint density at radius 3 is 2.44 bits per heavy atom. The van der Waals surface area contributed by atoms with Gasteiger partial charge in [-0.2, -0.15) is 5.10 Å². The molecule has 84 valence electrons. The molecule has 1 aliphatic heterocycles. The zero-order valence-electron chi connectivity index (χ0n) is 9.90. The number of aryl methyl sites for hydroxylation is 1. The Morgan fingerprint density at radius 2 is 1.94 bits per heavy atom. The van der Waals surface area contributed by atoms with Crippen molar-refractivity contribution < 1.29 is 4.79 Å². The van der Waals surface area contributed by atoms with Crippen molar-refractivity contribution in [3.63, 3.8) is 0 Å². The van der Waals surface area contributed by atoms with Gasteiger partial charge in [0, 0.05) is 0 Å². The molecule has 0 spiro atoms. The van der Waals surface area contributed by atoms with Gasteiger partial charge >= 0.3 is 0 Å². The maximum absolute atomic E-state index is 12.0. The first kappa shape index (κ1) is 10.9. The van der Waals surface area contributed by atoms with Crippen LogP contribution < -0.4 is 5.01 Å². The SMILES string of the molecule is CCC1=NN(c2ccc(C)cc2)C(=O)C1C. The van der Waals surface area contributed by atoms with Gasteiger partial charge in [-0.1, -0.05) is 24.6 Å². The van der Waals surface area contributed by atoms with Gasteiger partial charge in [0.2, 0.25) is 0 Å². The van der Waals surface area contributed by atoms with E-state index in [2.05, 4.69) is 5.10 Å². The van der Waals surface area contributed by atoms with Crippen molar-refractivity contribution in [1.82, 2.24) is 0 Å². The molecule has 16 heavy (non-hydrogen) atoms.